The third kappa shape index (κ3) is 6.43. The second-order valence-electron chi connectivity index (χ2n) is 6.70. The van der Waals surface area contributed by atoms with Crippen LogP contribution < -0.4 is 20.2 Å². The molecule has 0 aliphatic rings. The largest absolute Gasteiger partial charge is 0.495 e. The highest BCUT2D eigenvalue weighted by Gasteiger charge is 2.14. The fourth-order valence-electron chi connectivity index (χ4n) is 2.68. The molecule has 0 radical (unpaired) electrons. The minimum absolute atomic E-state index is 0.396. The second-order valence-corrected chi connectivity index (χ2v) is 6.70. The number of nitrogens with zero attached hydrogens (tertiary/aromatic N) is 1. The fourth-order valence-corrected chi connectivity index (χ4v) is 2.68. The molecular formula is C24H23N3O4. The van der Waals surface area contributed by atoms with Crippen molar-refractivity contribution in [3.63, 3.8) is 0 Å². The van der Waals surface area contributed by atoms with Gasteiger partial charge < -0.3 is 14.8 Å². The molecular weight excluding hydrogens is 394 g/mol. The molecule has 3 aromatic carbocycles. The van der Waals surface area contributed by atoms with Crippen molar-refractivity contribution in [3.05, 3.63) is 89.5 Å². The van der Waals surface area contributed by atoms with Gasteiger partial charge in [-0.2, -0.15) is 5.10 Å². The van der Waals surface area contributed by atoms with E-state index in [0.717, 1.165) is 5.56 Å². The Morgan fingerprint density at radius 1 is 0.968 bits per heavy atom. The highest BCUT2D eigenvalue weighted by Crippen LogP contribution is 2.22. The summed E-state index contributed by atoms with van der Waals surface area (Å²) in [6, 6.07) is 22.2. The van der Waals surface area contributed by atoms with Crippen LogP contribution in [-0.4, -0.2) is 25.1 Å². The zero-order chi connectivity index (χ0) is 22.1. The van der Waals surface area contributed by atoms with E-state index in [1.54, 1.807) is 30.3 Å². The number of ether oxygens (including phenoxy) is 2. The third-order valence-electron chi connectivity index (χ3n) is 4.33. The van der Waals surface area contributed by atoms with Crippen LogP contribution in [0, 0.1) is 6.92 Å². The van der Waals surface area contributed by atoms with Crippen molar-refractivity contribution < 1.29 is 19.1 Å². The van der Waals surface area contributed by atoms with Crippen LogP contribution in [0.15, 0.2) is 77.9 Å². The van der Waals surface area contributed by atoms with E-state index < -0.39 is 11.8 Å². The van der Waals surface area contributed by atoms with E-state index in [9.17, 15) is 9.59 Å². The number of aryl methyl sites for hydroxylation is 1. The predicted molar refractivity (Wildman–Crippen MR) is 119 cm³/mol. The summed E-state index contributed by atoms with van der Waals surface area (Å²) in [4.78, 5) is 24.0. The van der Waals surface area contributed by atoms with Gasteiger partial charge in [0, 0.05) is 0 Å². The molecule has 7 heteroatoms. The lowest BCUT2D eigenvalue weighted by atomic mass is 10.2. The highest BCUT2D eigenvalue weighted by molar-refractivity contribution is 6.39. The van der Waals surface area contributed by atoms with Gasteiger partial charge in [0.15, 0.2) is 0 Å². The number of methoxy groups -OCH3 is 1. The van der Waals surface area contributed by atoms with Crippen LogP contribution in [0.25, 0.3) is 0 Å². The molecule has 158 valence electrons. The lowest BCUT2D eigenvalue weighted by Crippen LogP contribution is -2.32. The van der Waals surface area contributed by atoms with Crippen LogP contribution in [-0.2, 0) is 16.2 Å². The van der Waals surface area contributed by atoms with Crippen LogP contribution >= 0.6 is 0 Å². The molecule has 0 heterocycles. The Morgan fingerprint density at radius 3 is 2.52 bits per heavy atom. The molecule has 7 nitrogen and oxygen atoms in total. The summed E-state index contributed by atoms with van der Waals surface area (Å²) in [5, 5.41) is 6.33. The minimum Gasteiger partial charge on any atom is -0.495 e. The van der Waals surface area contributed by atoms with Gasteiger partial charge in [-0.1, -0.05) is 54.1 Å². The van der Waals surface area contributed by atoms with Crippen molar-refractivity contribution in [3.8, 4) is 11.5 Å². The van der Waals surface area contributed by atoms with E-state index in [2.05, 4.69) is 15.8 Å². The number of benzene rings is 3. The summed E-state index contributed by atoms with van der Waals surface area (Å²) in [7, 11) is 1.48. The van der Waals surface area contributed by atoms with Crippen LogP contribution in [0.3, 0.4) is 0 Å². The van der Waals surface area contributed by atoms with E-state index in [0.29, 0.717) is 29.4 Å². The standard InChI is InChI=1S/C24H23N3O4/c1-17-10-12-18(13-11-17)16-31-20-7-5-6-19(14-20)15-25-27-24(29)23(28)26-21-8-3-4-9-22(21)30-2/h3-15H,16H2,1-2H3,(H,26,28)(H,27,29)/b25-15-. The SMILES string of the molecule is COc1ccccc1NC(=O)C(=O)N/N=C\c1cccc(OCc2ccc(C)cc2)c1. The van der Waals surface area contributed by atoms with E-state index >= 15 is 0 Å². The monoisotopic (exact) mass is 417 g/mol. The van der Waals surface area contributed by atoms with E-state index in [-0.39, 0.29) is 0 Å². The Bertz CT molecular complexity index is 1080. The summed E-state index contributed by atoms with van der Waals surface area (Å²) in [6.07, 6.45) is 1.44. The molecule has 3 aromatic rings. The molecule has 0 saturated carbocycles. The van der Waals surface area contributed by atoms with Crippen molar-refractivity contribution in [2.24, 2.45) is 5.10 Å². The summed E-state index contributed by atoms with van der Waals surface area (Å²) < 4.78 is 10.9. The van der Waals surface area contributed by atoms with Crippen LogP contribution in [0.1, 0.15) is 16.7 Å². The Kier molecular flexibility index (Phi) is 7.37. The average Bonchev–Trinajstić information content (AvgIpc) is 2.79. The third-order valence-corrected chi connectivity index (χ3v) is 4.33. The highest BCUT2D eigenvalue weighted by atomic mass is 16.5. The second kappa shape index (κ2) is 10.6. The minimum atomic E-state index is -0.895. The zero-order valence-electron chi connectivity index (χ0n) is 17.3. The number of rotatable bonds is 7. The van der Waals surface area contributed by atoms with E-state index in [4.69, 9.17) is 9.47 Å². The van der Waals surface area contributed by atoms with Gasteiger partial charge >= 0.3 is 11.8 Å². The molecule has 2 amide bonds. The van der Waals surface area contributed by atoms with Gasteiger partial charge in [-0.25, -0.2) is 5.43 Å². The van der Waals surface area contributed by atoms with Crippen LogP contribution in [0.5, 0.6) is 11.5 Å². The molecule has 0 atom stereocenters. The number of para-hydroxylation sites is 2. The van der Waals surface area contributed by atoms with Crippen molar-refractivity contribution in [2.45, 2.75) is 13.5 Å². The van der Waals surface area contributed by atoms with Gasteiger partial charge in [0.1, 0.15) is 18.1 Å². The Balaban J connectivity index is 1.53. The number of hydrogen-bond acceptors (Lipinski definition) is 5. The number of hydrogen-bond donors (Lipinski definition) is 2. The lowest BCUT2D eigenvalue weighted by Gasteiger charge is -2.08. The van der Waals surface area contributed by atoms with Crippen molar-refractivity contribution >= 4 is 23.7 Å². The number of anilines is 1. The molecule has 0 aliphatic heterocycles. The first-order valence-electron chi connectivity index (χ1n) is 9.61. The molecule has 31 heavy (non-hydrogen) atoms. The maximum Gasteiger partial charge on any atom is 0.329 e. The Hall–Kier alpha value is -4.13. The maximum absolute atomic E-state index is 12.0. The summed E-state index contributed by atoms with van der Waals surface area (Å²) >= 11 is 0. The Labute approximate surface area is 180 Å². The smallest absolute Gasteiger partial charge is 0.329 e. The molecule has 3 rings (SSSR count). The zero-order valence-corrected chi connectivity index (χ0v) is 17.3. The number of carbonyl (C=O) groups is 2. The van der Waals surface area contributed by atoms with Crippen molar-refractivity contribution in [1.82, 2.24) is 5.43 Å². The number of hydrazone groups is 1. The van der Waals surface area contributed by atoms with E-state index in [1.165, 1.54) is 18.9 Å². The molecule has 0 spiro atoms. The first-order valence-corrected chi connectivity index (χ1v) is 9.61. The van der Waals surface area contributed by atoms with Gasteiger partial charge in [0.05, 0.1) is 19.0 Å². The maximum atomic E-state index is 12.0. The van der Waals surface area contributed by atoms with Crippen LogP contribution in [0.2, 0.25) is 0 Å². The van der Waals surface area contributed by atoms with Gasteiger partial charge in [-0.15, -0.1) is 0 Å². The van der Waals surface area contributed by atoms with Gasteiger partial charge in [0.25, 0.3) is 0 Å². The number of carbonyl (C=O) groups excluding carboxylic acids is 2. The topological polar surface area (TPSA) is 89.0 Å². The molecule has 0 saturated heterocycles. The quantitative estimate of drug-likeness (QED) is 0.349. The van der Waals surface area contributed by atoms with Crippen molar-refractivity contribution in [1.29, 1.82) is 0 Å². The molecule has 0 aliphatic carbocycles. The normalized spacial score (nSPS) is 10.5. The van der Waals surface area contributed by atoms with Gasteiger partial charge in [-0.3, -0.25) is 9.59 Å². The predicted octanol–water partition coefficient (Wildman–Crippen LogP) is 3.67. The molecule has 2 N–H and O–H groups in total. The Morgan fingerprint density at radius 2 is 1.74 bits per heavy atom. The van der Waals surface area contributed by atoms with Gasteiger partial charge in [0.2, 0.25) is 0 Å². The van der Waals surface area contributed by atoms with Crippen molar-refractivity contribution in [2.75, 3.05) is 12.4 Å². The fraction of sp³-hybridized carbons (Fsp3) is 0.125. The molecule has 0 aromatic heterocycles. The molecule has 0 unspecified atom stereocenters. The first-order chi connectivity index (χ1) is 15.0. The first kappa shape index (κ1) is 21.6. The van der Waals surface area contributed by atoms with Crippen LogP contribution in [0.4, 0.5) is 5.69 Å². The summed E-state index contributed by atoms with van der Waals surface area (Å²) in [6.45, 7) is 2.48. The summed E-state index contributed by atoms with van der Waals surface area (Å²) in [5.41, 5.74) is 5.58. The van der Waals surface area contributed by atoms with E-state index in [1.807, 2.05) is 49.4 Å². The average molecular weight is 417 g/mol. The summed E-state index contributed by atoms with van der Waals surface area (Å²) in [5.74, 6) is -0.620. The molecule has 0 bridgehead atoms. The lowest BCUT2D eigenvalue weighted by molar-refractivity contribution is -0.136. The molecule has 0 fully saturated rings. The number of nitrogens with one attached hydrogen (secondary N) is 2. The van der Waals surface area contributed by atoms with Gasteiger partial charge in [-0.05, 0) is 42.3 Å². The number of amides is 2.